The van der Waals surface area contributed by atoms with Gasteiger partial charge < -0.3 is 19.1 Å². The van der Waals surface area contributed by atoms with E-state index in [2.05, 4.69) is 5.16 Å². The standard InChI is InChI=1S/C16H16ClNO5/c1-8(2)13-9(12-7-11(16(19)20)18-23-12)6-10(17)14-15(13)22-5-3-4-21-14/h6-8H,3-5H2,1-2H3,(H,19,20). The molecule has 6 nitrogen and oxygen atoms in total. The van der Waals surface area contributed by atoms with Crippen LogP contribution in [0.4, 0.5) is 0 Å². The first-order valence-electron chi connectivity index (χ1n) is 7.31. The van der Waals surface area contributed by atoms with Crippen molar-refractivity contribution in [2.24, 2.45) is 0 Å². The third-order valence-corrected chi connectivity index (χ3v) is 3.86. The number of aromatic nitrogens is 1. The molecule has 0 fully saturated rings. The molecule has 7 heteroatoms. The molecule has 3 rings (SSSR count). The van der Waals surface area contributed by atoms with Crippen molar-refractivity contribution in [3.8, 4) is 22.8 Å². The molecule has 1 N–H and O–H groups in total. The minimum Gasteiger partial charge on any atom is -0.489 e. The van der Waals surface area contributed by atoms with Crippen LogP contribution < -0.4 is 9.47 Å². The molecule has 0 unspecified atom stereocenters. The van der Waals surface area contributed by atoms with Crippen molar-refractivity contribution in [3.05, 3.63) is 28.4 Å². The van der Waals surface area contributed by atoms with Gasteiger partial charge in [-0.1, -0.05) is 30.6 Å². The lowest BCUT2D eigenvalue weighted by molar-refractivity contribution is 0.0686. The van der Waals surface area contributed by atoms with Crippen LogP contribution in [0.2, 0.25) is 5.02 Å². The van der Waals surface area contributed by atoms with E-state index in [1.165, 1.54) is 6.07 Å². The Morgan fingerprint density at radius 2 is 1.96 bits per heavy atom. The van der Waals surface area contributed by atoms with Crippen molar-refractivity contribution in [2.45, 2.75) is 26.2 Å². The first-order valence-corrected chi connectivity index (χ1v) is 7.69. The predicted octanol–water partition coefficient (Wildman–Crippen LogP) is 3.98. The Morgan fingerprint density at radius 3 is 2.57 bits per heavy atom. The van der Waals surface area contributed by atoms with E-state index < -0.39 is 5.97 Å². The Kier molecular flexibility index (Phi) is 4.17. The average Bonchev–Trinajstić information content (AvgIpc) is 2.86. The van der Waals surface area contributed by atoms with Gasteiger partial charge in [-0.15, -0.1) is 0 Å². The van der Waals surface area contributed by atoms with Crippen molar-refractivity contribution in [1.82, 2.24) is 5.16 Å². The van der Waals surface area contributed by atoms with Crippen LogP contribution in [0.3, 0.4) is 0 Å². The minimum atomic E-state index is -1.15. The van der Waals surface area contributed by atoms with Crippen LogP contribution in [0.15, 0.2) is 16.7 Å². The zero-order valence-electron chi connectivity index (χ0n) is 12.8. The van der Waals surface area contributed by atoms with Crippen LogP contribution in [0.1, 0.15) is 42.2 Å². The maximum atomic E-state index is 11.0. The van der Waals surface area contributed by atoms with Crippen molar-refractivity contribution >= 4 is 17.6 Å². The molecule has 1 aromatic carbocycles. The topological polar surface area (TPSA) is 81.8 Å². The van der Waals surface area contributed by atoms with Gasteiger partial charge in [0.1, 0.15) is 0 Å². The summed E-state index contributed by atoms with van der Waals surface area (Å²) < 4.78 is 16.8. The second-order valence-electron chi connectivity index (χ2n) is 5.56. The molecule has 0 radical (unpaired) electrons. The van der Waals surface area contributed by atoms with E-state index in [1.807, 2.05) is 13.8 Å². The first kappa shape index (κ1) is 15.7. The number of carboxylic acid groups (broad SMARTS) is 1. The first-order chi connectivity index (χ1) is 11.0. The molecule has 122 valence electrons. The normalized spacial score (nSPS) is 13.9. The van der Waals surface area contributed by atoms with E-state index in [9.17, 15) is 4.79 Å². The monoisotopic (exact) mass is 337 g/mol. The van der Waals surface area contributed by atoms with Gasteiger partial charge in [0.25, 0.3) is 0 Å². The highest BCUT2D eigenvalue weighted by atomic mass is 35.5. The van der Waals surface area contributed by atoms with E-state index in [1.54, 1.807) is 6.07 Å². The van der Waals surface area contributed by atoms with Crippen LogP contribution in [-0.2, 0) is 0 Å². The molecular formula is C16H16ClNO5. The van der Waals surface area contributed by atoms with Gasteiger partial charge in [0.05, 0.1) is 18.2 Å². The number of rotatable bonds is 3. The highest BCUT2D eigenvalue weighted by Crippen LogP contribution is 2.47. The summed E-state index contributed by atoms with van der Waals surface area (Å²) in [5, 5.41) is 13.0. The van der Waals surface area contributed by atoms with Gasteiger partial charge in [0.15, 0.2) is 23.0 Å². The molecule has 23 heavy (non-hydrogen) atoms. The van der Waals surface area contributed by atoms with Gasteiger partial charge in [0.2, 0.25) is 0 Å². The molecule has 0 spiro atoms. The van der Waals surface area contributed by atoms with Crippen molar-refractivity contribution < 1.29 is 23.9 Å². The highest BCUT2D eigenvalue weighted by molar-refractivity contribution is 6.32. The summed E-state index contributed by atoms with van der Waals surface area (Å²) in [6, 6.07) is 3.08. The van der Waals surface area contributed by atoms with Gasteiger partial charge in [-0.25, -0.2) is 4.79 Å². The van der Waals surface area contributed by atoms with Gasteiger partial charge in [0, 0.05) is 23.6 Å². The Balaban J connectivity index is 2.21. The van der Waals surface area contributed by atoms with Crippen molar-refractivity contribution in [3.63, 3.8) is 0 Å². The SMILES string of the molecule is CC(C)c1c(-c2cc(C(=O)O)no2)cc(Cl)c2c1OCCCO2. The number of benzene rings is 1. The van der Waals surface area contributed by atoms with E-state index >= 15 is 0 Å². The Morgan fingerprint density at radius 1 is 1.26 bits per heavy atom. The number of fused-ring (bicyclic) bond motifs is 1. The smallest absolute Gasteiger partial charge is 0.358 e. The zero-order valence-corrected chi connectivity index (χ0v) is 13.5. The molecule has 0 saturated heterocycles. The van der Waals surface area contributed by atoms with Crippen LogP contribution in [0.25, 0.3) is 11.3 Å². The number of nitrogens with zero attached hydrogens (tertiary/aromatic N) is 1. The maximum Gasteiger partial charge on any atom is 0.358 e. The Labute approximate surface area is 137 Å². The van der Waals surface area contributed by atoms with Crippen LogP contribution in [0.5, 0.6) is 11.5 Å². The molecular weight excluding hydrogens is 322 g/mol. The zero-order chi connectivity index (χ0) is 16.6. The quantitative estimate of drug-likeness (QED) is 0.912. The van der Waals surface area contributed by atoms with E-state index in [0.29, 0.717) is 41.1 Å². The van der Waals surface area contributed by atoms with Crippen LogP contribution in [-0.4, -0.2) is 29.4 Å². The van der Waals surface area contributed by atoms with E-state index in [4.69, 9.17) is 30.7 Å². The molecule has 0 bridgehead atoms. The molecule has 2 aromatic rings. The van der Waals surface area contributed by atoms with E-state index in [-0.39, 0.29) is 11.6 Å². The van der Waals surface area contributed by atoms with Gasteiger partial charge >= 0.3 is 5.97 Å². The fraction of sp³-hybridized carbons (Fsp3) is 0.375. The van der Waals surface area contributed by atoms with Crippen molar-refractivity contribution in [2.75, 3.05) is 13.2 Å². The van der Waals surface area contributed by atoms with Crippen LogP contribution >= 0.6 is 11.6 Å². The summed E-state index contributed by atoms with van der Waals surface area (Å²) in [5.74, 6) is 0.397. The number of hydrogen-bond donors (Lipinski definition) is 1. The van der Waals surface area contributed by atoms with Crippen LogP contribution in [0, 0.1) is 0 Å². The second kappa shape index (κ2) is 6.12. The number of carboxylic acids is 1. The van der Waals surface area contributed by atoms with Gasteiger partial charge in [-0.3, -0.25) is 0 Å². The number of aromatic carboxylic acids is 1. The summed E-state index contributed by atoms with van der Waals surface area (Å²) in [6.45, 7) is 5.09. The molecule has 1 aromatic heterocycles. The fourth-order valence-corrected chi connectivity index (χ4v) is 2.84. The summed E-state index contributed by atoms with van der Waals surface area (Å²) in [6.07, 6.45) is 0.767. The van der Waals surface area contributed by atoms with Crippen molar-refractivity contribution in [1.29, 1.82) is 0 Å². The molecule has 0 aliphatic carbocycles. The summed E-state index contributed by atoms with van der Waals surface area (Å²) in [7, 11) is 0. The summed E-state index contributed by atoms with van der Waals surface area (Å²) in [5.41, 5.74) is 1.37. The Bertz CT molecular complexity index is 753. The second-order valence-corrected chi connectivity index (χ2v) is 5.97. The number of ether oxygens (including phenoxy) is 2. The molecule has 2 heterocycles. The number of carbonyl (C=O) groups is 1. The highest BCUT2D eigenvalue weighted by Gasteiger charge is 2.26. The fourth-order valence-electron chi connectivity index (χ4n) is 2.59. The van der Waals surface area contributed by atoms with Gasteiger partial charge in [-0.2, -0.15) is 0 Å². The largest absolute Gasteiger partial charge is 0.489 e. The van der Waals surface area contributed by atoms with Gasteiger partial charge in [-0.05, 0) is 12.0 Å². The lowest BCUT2D eigenvalue weighted by Gasteiger charge is -2.19. The molecule has 0 saturated carbocycles. The summed E-state index contributed by atoms with van der Waals surface area (Å²) >= 11 is 6.33. The third kappa shape index (κ3) is 2.86. The third-order valence-electron chi connectivity index (χ3n) is 3.58. The predicted molar refractivity (Wildman–Crippen MR) is 83.6 cm³/mol. The number of halogens is 1. The molecule has 1 aliphatic rings. The summed E-state index contributed by atoms with van der Waals surface area (Å²) in [4.78, 5) is 11.0. The average molecular weight is 338 g/mol. The molecule has 0 amide bonds. The molecule has 0 atom stereocenters. The number of hydrogen-bond acceptors (Lipinski definition) is 5. The lowest BCUT2D eigenvalue weighted by Crippen LogP contribution is -2.02. The maximum absolute atomic E-state index is 11.0. The Hall–Kier alpha value is -2.21. The lowest BCUT2D eigenvalue weighted by atomic mass is 9.94. The van der Waals surface area contributed by atoms with E-state index in [0.717, 1.165) is 12.0 Å². The minimum absolute atomic E-state index is 0.0936. The molecule has 1 aliphatic heterocycles.